The predicted molar refractivity (Wildman–Crippen MR) is 78.7 cm³/mol. The molecule has 0 radical (unpaired) electrons. The van der Waals surface area contributed by atoms with Gasteiger partial charge < -0.3 is 10.5 Å². The molecule has 1 atom stereocenters. The summed E-state index contributed by atoms with van der Waals surface area (Å²) in [6.45, 7) is 4.51. The molecule has 1 aromatic heterocycles. The van der Waals surface area contributed by atoms with E-state index in [1.54, 1.807) is 12.1 Å². The van der Waals surface area contributed by atoms with Crippen molar-refractivity contribution in [1.82, 2.24) is 14.8 Å². The Kier molecular flexibility index (Phi) is 4.90. The summed E-state index contributed by atoms with van der Waals surface area (Å²) >= 11 is 0. The minimum atomic E-state index is -0.408. The van der Waals surface area contributed by atoms with Gasteiger partial charge in [0, 0.05) is 18.9 Å². The standard InChI is InChI=1S/C15H21FN4O/c1-4-14-18-15(5-2)20(19-14)9-12(17)10-6-7-13(21-3)11(16)8-10/h6-8,12H,4-5,9,17H2,1-3H3. The van der Waals surface area contributed by atoms with Crippen molar-refractivity contribution >= 4 is 0 Å². The van der Waals surface area contributed by atoms with Crippen molar-refractivity contribution in [3.63, 3.8) is 0 Å². The highest BCUT2D eigenvalue weighted by Crippen LogP contribution is 2.22. The molecule has 2 aromatic rings. The number of hydrogen-bond acceptors (Lipinski definition) is 4. The van der Waals surface area contributed by atoms with Gasteiger partial charge in [0.1, 0.15) is 5.82 Å². The third-order valence-electron chi connectivity index (χ3n) is 3.40. The van der Waals surface area contributed by atoms with Crippen molar-refractivity contribution in [3.05, 3.63) is 41.2 Å². The van der Waals surface area contributed by atoms with Crippen LogP contribution >= 0.6 is 0 Å². The number of nitrogens with two attached hydrogens (primary N) is 1. The van der Waals surface area contributed by atoms with E-state index in [2.05, 4.69) is 10.1 Å². The van der Waals surface area contributed by atoms with Gasteiger partial charge in [-0.1, -0.05) is 19.9 Å². The van der Waals surface area contributed by atoms with E-state index in [4.69, 9.17) is 10.5 Å². The molecule has 0 saturated carbocycles. The van der Waals surface area contributed by atoms with Gasteiger partial charge in [-0.15, -0.1) is 0 Å². The molecule has 0 aliphatic heterocycles. The number of halogens is 1. The zero-order chi connectivity index (χ0) is 15.4. The highest BCUT2D eigenvalue weighted by molar-refractivity contribution is 5.30. The summed E-state index contributed by atoms with van der Waals surface area (Å²) in [6.07, 6.45) is 1.57. The average Bonchev–Trinajstić information content (AvgIpc) is 2.89. The number of rotatable bonds is 6. The molecule has 1 unspecified atom stereocenters. The molecule has 6 heteroatoms. The fourth-order valence-corrected chi connectivity index (χ4v) is 2.19. The van der Waals surface area contributed by atoms with Gasteiger partial charge in [0.25, 0.3) is 0 Å². The number of nitrogens with zero attached hydrogens (tertiary/aromatic N) is 3. The lowest BCUT2D eigenvalue weighted by molar-refractivity contribution is 0.385. The molecular formula is C15H21FN4O. The first kappa shape index (κ1) is 15.4. The first-order valence-corrected chi connectivity index (χ1v) is 7.10. The van der Waals surface area contributed by atoms with E-state index < -0.39 is 5.82 Å². The van der Waals surface area contributed by atoms with E-state index >= 15 is 0 Å². The van der Waals surface area contributed by atoms with Crippen LogP contribution in [0.5, 0.6) is 5.75 Å². The van der Waals surface area contributed by atoms with Gasteiger partial charge in [-0.2, -0.15) is 5.10 Å². The van der Waals surface area contributed by atoms with Crippen LogP contribution in [0.4, 0.5) is 4.39 Å². The minimum Gasteiger partial charge on any atom is -0.494 e. The maximum atomic E-state index is 13.7. The summed E-state index contributed by atoms with van der Waals surface area (Å²) in [6, 6.07) is 4.43. The van der Waals surface area contributed by atoms with Crippen molar-refractivity contribution in [2.24, 2.45) is 5.73 Å². The fourth-order valence-electron chi connectivity index (χ4n) is 2.19. The zero-order valence-corrected chi connectivity index (χ0v) is 12.6. The second-order valence-electron chi connectivity index (χ2n) is 4.83. The van der Waals surface area contributed by atoms with Gasteiger partial charge in [-0.3, -0.25) is 0 Å². The van der Waals surface area contributed by atoms with E-state index in [0.717, 1.165) is 24.5 Å². The van der Waals surface area contributed by atoms with Crippen LogP contribution in [-0.4, -0.2) is 21.9 Å². The number of ether oxygens (including phenoxy) is 1. The Balaban J connectivity index is 2.19. The van der Waals surface area contributed by atoms with Crippen LogP contribution in [0.15, 0.2) is 18.2 Å². The van der Waals surface area contributed by atoms with Crippen LogP contribution in [-0.2, 0) is 19.4 Å². The predicted octanol–water partition coefficient (Wildman–Crippen LogP) is 2.25. The monoisotopic (exact) mass is 292 g/mol. The quantitative estimate of drug-likeness (QED) is 0.887. The van der Waals surface area contributed by atoms with Crippen LogP contribution in [0.2, 0.25) is 0 Å². The molecule has 0 bridgehead atoms. The van der Waals surface area contributed by atoms with Gasteiger partial charge in [-0.05, 0) is 17.7 Å². The first-order valence-electron chi connectivity index (χ1n) is 7.10. The van der Waals surface area contributed by atoms with Crippen LogP contribution < -0.4 is 10.5 Å². The Morgan fingerprint density at radius 1 is 1.33 bits per heavy atom. The Morgan fingerprint density at radius 3 is 2.67 bits per heavy atom. The smallest absolute Gasteiger partial charge is 0.165 e. The summed E-state index contributed by atoms with van der Waals surface area (Å²) < 4.78 is 20.5. The molecule has 0 amide bonds. The molecule has 5 nitrogen and oxygen atoms in total. The number of hydrogen-bond donors (Lipinski definition) is 1. The molecule has 0 spiro atoms. The van der Waals surface area contributed by atoms with Crippen LogP contribution in [0, 0.1) is 5.82 Å². The van der Waals surface area contributed by atoms with Gasteiger partial charge in [0.15, 0.2) is 17.4 Å². The second kappa shape index (κ2) is 6.67. The molecule has 21 heavy (non-hydrogen) atoms. The van der Waals surface area contributed by atoms with Crippen molar-refractivity contribution < 1.29 is 9.13 Å². The lowest BCUT2D eigenvalue weighted by Gasteiger charge is -2.14. The molecule has 1 aromatic carbocycles. The second-order valence-corrected chi connectivity index (χ2v) is 4.83. The fraction of sp³-hybridized carbons (Fsp3) is 0.467. The Morgan fingerprint density at radius 2 is 2.10 bits per heavy atom. The summed E-state index contributed by atoms with van der Waals surface area (Å²) in [5, 5.41) is 4.43. The van der Waals surface area contributed by atoms with Crippen molar-refractivity contribution in [2.75, 3.05) is 7.11 Å². The van der Waals surface area contributed by atoms with Crippen molar-refractivity contribution in [2.45, 2.75) is 39.3 Å². The van der Waals surface area contributed by atoms with Gasteiger partial charge in [-0.25, -0.2) is 14.1 Å². The molecule has 114 valence electrons. The van der Waals surface area contributed by atoms with Gasteiger partial charge in [0.05, 0.1) is 13.7 Å². The van der Waals surface area contributed by atoms with E-state index in [1.165, 1.54) is 13.2 Å². The number of methoxy groups -OCH3 is 1. The number of benzene rings is 1. The summed E-state index contributed by atoms with van der Waals surface area (Å²) in [4.78, 5) is 4.44. The Hall–Kier alpha value is -1.95. The highest BCUT2D eigenvalue weighted by atomic mass is 19.1. The normalized spacial score (nSPS) is 12.4. The van der Waals surface area contributed by atoms with Gasteiger partial charge >= 0.3 is 0 Å². The molecular weight excluding hydrogens is 271 g/mol. The van der Waals surface area contributed by atoms with Crippen molar-refractivity contribution in [3.8, 4) is 5.75 Å². The molecule has 0 aliphatic carbocycles. The summed E-state index contributed by atoms with van der Waals surface area (Å²) in [5.41, 5.74) is 6.88. The summed E-state index contributed by atoms with van der Waals surface area (Å²) in [5.74, 6) is 1.51. The average molecular weight is 292 g/mol. The molecule has 2 N–H and O–H groups in total. The maximum absolute atomic E-state index is 13.7. The highest BCUT2D eigenvalue weighted by Gasteiger charge is 2.14. The molecule has 0 aliphatic rings. The minimum absolute atomic E-state index is 0.217. The zero-order valence-electron chi connectivity index (χ0n) is 12.6. The lowest BCUT2D eigenvalue weighted by Crippen LogP contribution is -2.20. The van der Waals surface area contributed by atoms with Crippen LogP contribution in [0.1, 0.15) is 37.1 Å². The first-order chi connectivity index (χ1) is 10.1. The largest absolute Gasteiger partial charge is 0.494 e. The molecule has 0 saturated heterocycles. The summed E-state index contributed by atoms with van der Waals surface area (Å²) in [7, 11) is 1.44. The Labute approximate surface area is 123 Å². The van der Waals surface area contributed by atoms with Crippen LogP contribution in [0.3, 0.4) is 0 Å². The SMILES string of the molecule is CCc1nc(CC)n(CC(N)c2ccc(OC)c(F)c2)n1. The van der Waals surface area contributed by atoms with Crippen molar-refractivity contribution in [1.29, 1.82) is 0 Å². The number of aryl methyl sites for hydroxylation is 2. The van der Waals surface area contributed by atoms with Gasteiger partial charge in [0.2, 0.25) is 0 Å². The number of aromatic nitrogens is 3. The van der Waals surface area contributed by atoms with E-state index in [1.807, 2.05) is 18.5 Å². The molecule has 1 heterocycles. The maximum Gasteiger partial charge on any atom is 0.165 e. The van der Waals surface area contributed by atoms with E-state index in [-0.39, 0.29) is 11.8 Å². The third-order valence-corrected chi connectivity index (χ3v) is 3.40. The third kappa shape index (κ3) is 3.39. The topological polar surface area (TPSA) is 66.0 Å². The van der Waals surface area contributed by atoms with E-state index in [0.29, 0.717) is 12.1 Å². The Bertz CT molecular complexity index is 612. The molecule has 0 fully saturated rings. The lowest BCUT2D eigenvalue weighted by atomic mass is 10.1. The molecule has 2 rings (SSSR count). The van der Waals surface area contributed by atoms with E-state index in [9.17, 15) is 4.39 Å². The van der Waals surface area contributed by atoms with Crippen LogP contribution in [0.25, 0.3) is 0 Å².